The summed E-state index contributed by atoms with van der Waals surface area (Å²) >= 11 is 6.11. The number of para-hydroxylation sites is 1. The quantitative estimate of drug-likeness (QED) is 0.741. The van der Waals surface area contributed by atoms with Crippen LogP contribution in [-0.2, 0) is 9.59 Å². The Morgan fingerprint density at radius 2 is 1.50 bits per heavy atom. The lowest BCUT2D eigenvalue weighted by molar-refractivity contribution is -0.123. The zero-order chi connectivity index (χ0) is 17.8. The van der Waals surface area contributed by atoms with E-state index in [-0.39, 0.29) is 23.7 Å². The highest BCUT2D eigenvalue weighted by atomic mass is 35.5. The normalized spacial score (nSPS) is 29.3. The zero-order valence-electron chi connectivity index (χ0n) is 14.1. The summed E-state index contributed by atoms with van der Waals surface area (Å²) < 4.78 is 5.78. The molecule has 3 aliphatic rings. The van der Waals surface area contributed by atoms with E-state index in [1.807, 2.05) is 12.1 Å². The smallest absolute Gasteiger partial charge is 0.237 e. The van der Waals surface area contributed by atoms with Gasteiger partial charge in [-0.3, -0.25) is 14.5 Å². The molecule has 0 radical (unpaired) electrons. The Morgan fingerprint density at radius 3 is 2.12 bits per heavy atom. The molecule has 132 valence electrons. The fourth-order valence-electron chi connectivity index (χ4n) is 4.98. The maximum atomic E-state index is 12.9. The maximum absolute atomic E-state index is 12.9. The van der Waals surface area contributed by atoms with Gasteiger partial charge in [0, 0.05) is 0 Å². The van der Waals surface area contributed by atoms with Crippen LogP contribution in [0.1, 0.15) is 19.3 Å². The Balaban J connectivity index is 1.39. The van der Waals surface area contributed by atoms with Crippen LogP contribution in [0.4, 0.5) is 5.69 Å². The van der Waals surface area contributed by atoms with Gasteiger partial charge < -0.3 is 4.74 Å². The summed E-state index contributed by atoms with van der Waals surface area (Å²) in [5.41, 5.74) is 0.625. The van der Waals surface area contributed by atoms with Crippen LogP contribution in [0.25, 0.3) is 0 Å². The van der Waals surface area contributed by atoms with Gasteiger partial charge in [-0.15, -0.1) is 0 Å². The van der Waals surface area contributed by atoms with Gasteiger partial charge in [0.15, 0.2) is 0 Å². The van der Waals surface area contributed by atoms with Crippen molar-refractivity contribution >= 4 is 29.1 Å². The summed E-state index contributed by atoms with van der Waals surface area (Å²) in [7, 11) is 0. The lowest BCUT2D eigenvalue weighted by Crippen LogP contribution is -2.32. The molecule has 1 aliphatic heterocycles. The average Bonchev–Trinajstić information content (AvgIpc) is 3.32. The molecule has 0 aromatic heterocycles. The van der Waals surface area contributed by atoms with Crippen molar-refractivity contribution < 1.29 is 14.3 Å². The third kappa shape index (κ3) is 2.28. The van der Waals surface area contributed by atoms with Crippen LogP contribution in [0.5, 0.6) is 11.5 Å². The van der Waals surface area contributed by atoms with E-state index in [0.29, 0.717) is 34.0 Å². The van der Waals surface area contributed by atoms with Gasteiger partial charge in [-0.25, -0.2) is 0 Å². The molecule has 26 heavy (non-hydrogen) atoms. The van der Waals surface area contributed by atoms with E-state index in [4.69, 9.17) is 16.3 Å². The molecule has 1 saturated heterocycles. The molecular weight excluding hydrogens is 350 g/mol. The number of hydrogen-bond donors (Lipinski definition) is 0. The number of rotatable bonds is 3. The fourth-order valence-corrected chi connectivity index (χ4v) is 5.16. The summed E-state index contributed by atoms with van der Waals surface area (Å²) in [6.07, 6.45) is 3.22. The van der Waals surface area contributed by atoms with Crippen molar-refractivity contribution in [3.05, 3.63) is 53.6 Å². The number of halogens is 1. The van der Waals surface area contributed by atoms with Gasteiger partial charge in [0.1, 0.15) is 11.5 Å². The Hall–Kier alpha value is -2.33. The van der Waals surface area contributed by atoms with Crippen LogP contribution in [0.2, 0.25) is 5.02 Å². The minimum absolute atomic E-state index is 0.0213. The number of imide groups is 1. The minimum atomic E-state index is -0.0969. The molecule has 4 nitrogen and oxygen atoms in total. The minimum Gasteiger partial charge on any atom is -0.456 e. The lowest BCUT2D eigenvalue weighted by Gasteiger charge is -2.19. The highest BCUT2D eigenvalue weighted by Gasteiger charge is 2.61. The monoisotopic (exact) mass is 367 g/mol. The Morgan fingerprint density at radius 1 is 0.885 bits per heavy atom. The topological polar surface area (TPSA) is 46.6 Å². The number of carbonyl (C=O) groups is 2. The van der Waals surface area contributed by atoms with E-state index in [9.17, 15) is 9.59 Å². The van der Waals surface area contributed by atoms with E-state index in [2.05, 4.69) is 0 Å². The first-order chi connectivity index (χ1) is 12.6. The summed E-state index contributed by atoms with van der Waals surface area (Å²) in [4.78, 5) is 27.1. The molecule has 3 fully saturated rings. The van der Waals surface area contributed by atoms with Crippen molar-refractivity contribution in [2.75, 3.05) is 4.90 Å². The molecule has 4 atom stereocenters. The van der Waals surface area contributed by atoms with Gasteiger partial charge in [0.2, 0.25) is 11.8 Å². The van der Waals surface area contributed by atoms with Gasteiger partial charge in [-0.05, 0) is 67.5 Å². The molecular formula is C21H18ClNO3. The highest BCUT2D eigenvalue weighted by Crippen LogP contribution is 2.56. The number of nitrogens with zero attached hydrogens (tertiary/aromatic N) is 1. The number of hydrogen-bond acceptors (Lipinski definition) is 3. The third-order valence-electron chi connectivity index (χ3n) is 6.09. The molecule has 0 unspecified atom stereocenters. The molecule has 5 heteroatoms. The molecule has 2 aromatic rings. The number of carbonyl (C=O) groups excluding carboxylic acids is 2. The number of benzene rings is 2. The Bertz CT molecular complexity index is 866. The lowest BCUT2D eigenvalue weighted by atomic mass is 9.81. The number of amides is 2. The fraction of sp³-hybridized carbons (Fsp3) is 0.333. The standard InChI is InChI=1S/C21H18ClNO3/c22-16-3-1-2-4-17(16)26-15-9-7-14(8-10-15)23-20(24)18-12-5-6-13(11-12)19(18)21(23)25/h1-4,7-10,12-13,18-19H,5-6,11H2/t12-,13-,18+,19+/m0/s1. The number of ether oxygens (including phenoxy) is 1. The van der Waals surface area contributed by atoms with Crippen LogP contribution < -0.4 is 9.64 Å². The van der Waals surface area contributed by atoms with Crippen LogP contribution in [0.3, 0.4) is 0 Å². The molecule has 5 rings (SSSR count). The van der Waals surface area contributed by atoms with E-state index in [1.165, 1.54) is 4.90 Å². The predicted molar refractivity (Wildman–Crippen MR) is 98.3 cm³/mol. The van der Waals surface area contributed by atoms with Gasteiger partial charge >= 0.3 is 0 Å². The van der Waals surface area contributed by atoms with Crippen molar-refractivity contribution in [1.29, 1.82) is 0 Å². The summed E-state index contributed by atoms with van der Waals surface area (Å²) in [5, 5.41) is 0.532. The molecule has 2 saturated carbocycles. The van der Waals surface area contributed by atoms with Gasteiger partial charge in [-0.2, -0.15) is 0 Å². The van der Waals surface area contributed by atoms with Gasteiger partial charge in [0.05, 0.1) is 22.5 Å². The third-order valence-corrected chi connectivity index (χ3v) is 6.40. The Labute approximate surface area is 156 Å². The SMILES string of the molecule is O=C1[C@@H]2[C@H]3CC[C@@H](C3)[C@H]2C(=O)N1c1ccc(Oc2ccccc2Cl)cc1. The second-order valence-electron chi connectivity index (χ2n) is 7.42. The van der Waals surface area contributed by atoms with Crippen LogP contribution in [0.15, 0.2) is 48.5 Å². The van der Waals surface area contributed by atoms with Gasteiger partial charge in [0.25, 0.3) is 0 Å². The first kappa shape index (κ1) is 15.9. The molecule has 0 N–H and O–H groups in total. The first-order valence-electron chi connectivity index (χ1n) is 9.04. The van der Waals surface area contributed by atoms with Crippen molar-refractivity contribution in [1.82, 2.24) is 0 Å². The second-order valence-corrected chi connectivity index (χ2v) is 7.83. The Kier molecular flexibility index (Phi) is 3.57. The molecule has 1 heterocycles. The van der Waals surface area contributed by atoms with Crippen LogP contribution in [0, 0.1) is 23.7 Å². The van der Waals surface area contributed by atoms with Crippen LogP contribution in [-0.4, -0.2) is 11.8 Å². The largest absolute Gasteiger partial charge is 0.456 e. The highest BCUT2D eigenvalue weighted by molar-refractivity contribution is 6.32. The van der Waals surface area contributed by atoms with E-state index in [1.54, 1.807) is 36.4 Å². The number of anilines is 1. The maximum Gasteiger partial charge on any atom is 0.237 e. The average molecular weight is 368 g/mol. The van der Waals surface area contributed by atoms with Crippen molar-refractivity contribution in [2.24, 2.45) is 23.7 Å². The summed E-state index contributed by atoms with van der Waals surface area (Å²) in [5.74, 6) is 1.74. The summed E-state index contributed by atoms with van der Waals surface area (Å²) in [6.45, 7) is 0. The molecule has 0 spiro atoms. The predicted octanol–water partition coefficient (Wildman–Crippen LogP) is 4.67. The number of fused-ring (bicyclic) bond motifs is 5. The molecule has 2 bridgehead atoms. The van der Waals surface area contributed by atoms with Crippen molar-refractivity contribution in [3.63, 3.8) is 0 Å². The van der Waals surface area contributed by atoms with Crippen molar-refractivity contribution in [3.8, 4) is 11.5 Å². The second kappa shape index (κ2) is 5.85. The van der Waals surface area contributed by atoms with E-state index >= 15 is 0 Å². The first-order valence-corrected chi connectivity index (χ1v) is 9.41. The summed E-state index contributed by atoms with van der Waals surface area (Å²) in [6, 6.07) is 14.3. The van der Waals surface area contributed by atoms with E-state index in [0.717, 1.165) is 19.3 Å². The molecule has 2 aromatic carbocycles. The van der Waals surface area contributed by atoms with Crippen LogP contribution >= 0.6 is 11.6 Å². The van der Waals surface area contributed by atoms with E-state index < -0.39 is 0 Å². The zero-order valence-corrected chi connectivity index (χ0v) is 14.9. The van der Waals surface area contributed by atoms with Crippen molar-refractivity contribution in [2.45, 2.75) is 19.3 Å². The molecule has 2 aliphatic carbocycles. The molecule has 2 amide bonds. The van der Waals surface area contributed by atoms with Gasteiger partial charge in [-0.1, -0.05) is 23.7 Å².